The molecule has 304 valence electrons. The Hall–Kier alpha value is -2.55. The van der Waals surface area contributed by atoms with E-state index in [0.717, 1.165) is 44.4 Å². The monoisotopic (exact) mass is 764 g/mol. The summed E-state index contributed by atoms with van der Waals surface area (Å²) in [5, 5.41) is 9.97. The molecular formula is C43H73O9P. The van der Waals surface area contributed by atoms with Gasteiger partial charge in [0.05, 0.1) is 12.7 Å². The molecule has 0 saturated carbocycles. The fraction of sp³-hybridized carbons (Fsp3) is 0.674. The lowest BCUT2D eigenvalue weighted by Gasteiger charge is -2.18. The van der Waals surface area contributed by atoms with Crippen LogP contribution < -0.4 is 0 Å². The van der Waals surface area contributed by atoms with Crippen LogP contribution in [0.5, 0.6) is 0 Å². The summed E-state index contributed by atoms with van der Waals surface area (Å²) in [4.78, 5) is 42.8. The lowest BCUT2D eigenvalue weighted by molar-refractivity contribution is -0.161. The molecular weight excluding hydrogens is 691 g/mol. The normalized spacial score (nSPS) is 13.9. The topological polar surface area (TPSA) is 140 Å². The number of hydrogen-bond donors (Lipinski definition) is 3. The van der Waals surface area contributed by atoms with E-state index in [1.807, 2.05) is 48.6 Å². The Morgan fingerprint density at radius 2 is 1.19 bits per heavy atom. The van der Waals surface area contributed by atoms with Crippen molar-refractivity contribution in [3.63, 3.8) is 0 Å². The van der Waals surface area contributed by atoms with Gasteiger partial charge < -0.3 is 24.4 Å². The molecule has 0 rings (SSSR count). The van der Waals surface area contributed by atoms with E-state index in [0.29, 0.717) is 25.7 Å². The number of ether oxygens (including phenoxy) is 2. The second kappa shape index (κ2) is 36.4. The van der Waals surface area contributed by atoms with E-state index in [1.54, 1.807) is 6.08 Å². The summed E-state index contributed by atoms with van der Waals surface area (Å²) in [6.45, 7) is 5.76. The van der Waals surface area contributed by atoms with Gasteiger partial charge in [-0.15, -0.1) is 0 Å². The fourth-order valence-corrected chi connectivity index (χ4v) is 5.62. The summed E-state index contributed by atoms with van der Waals surface area (Å²) in [6.07, 6.45) is 42.4. The first kappa shape index (κ1) is 50.5. The lowest BCUT2D eigenvalue weighted by Crippen LogP contribution is -2.29. The van der Waals surface area contributed by atoms with Crippen molar-refractivity contribution in [3.8, 4) is 0 Å². The minimum atomic E-state index is -4.79. The number of esters is 2. The van der Waals surface area contributed by atoms with Crippen molar-refractivity contribution in [3.05, 3.63) is 72.9 Å². The van der Waals surface area contributed by atoms with Gasteiger partial charge in [0.2, 0.25) is 0 Å². The number of aliphatic hydroxyl groups excluding tert-OH is 1. The largest absolute Gasteiger partial charge is 0.469 e. The summed E-state index contributed by atoms with van der Waals surface area (Å²) < 4.78 is 26.3. The molecule has 0 bridgehead atoms. The molecule has 9 nitrogen and oxygen atoms in total. The number of hydrogen-bond acceptors (Lipinski definition) is 7. The molecule has 0 spiro atoms. The molecule has 0 heterocycles. The second-order valence-electron chi connectivity index (χ2n) is 13.9. The number of unbranched alkanes of at least 4 members (excludes halogenated alkanes) is 11. The summed E-state index contributed by atoms with van der Waals surface area (Å²) in [5.41, 5.74) is 0. The number of aliphatic hydroxyl groups is 1. The molecule has 0 fully saturated rings. The lowest BCUT2D eigenvalue weighted by atomic mass is 10.0. The van der Waals surface area contributed by atoms with E-state index in [2.05, 4.69) is 43.5 Å². The summed E-state index contributed by atoms with van der Waals surface area (Å²) in [6, 6.07) is 0. The first-order valence-corrected chi connectivity index (χ1v) is 21.7. The molecule has 0 amide bonds. The molecule has 2 atom stereocenters. The van der Waals surface area contributed by atoms with Gasteiger partial charge in [0, 0.05) is 12.8 Å². The predicted octanol–water partition coefficient (Wildman–Crippen LogP) is 11.1. The van der Waals surface area contributed by atoms with Gasteiger partial charge in [-0.25, -0.2) is 4.57 Å². The number of carbonyl (C=O) groups excluding carboxylic acids is 2. The second-order valence-corrected chi connectivity index (χ2v) is 15.2. The van der Waals surface area contributed by atoms with Crippen molar-refractivity contribution in [1.29, 1.82) is 0 Å². The van der Waals surface area contributed by atoms with Crippen LogP contribution in [0.2, 0.25) is 0 Å². The van der Waals surface area contributed by atoms with Gasteiger partial charge >= 0.3 is 19.8 Å². The molecule has 10 heteroatoms. The van der Waals surface area contributed by atoms with Crippen molar-refractivity contribution in [1.82, 2.24) is 0 Å². The van der Waals surface area contributed by atoms with Gasteiger partial charge in [-0.3, -0.25) is 14.1 Å². The predicted molar refractivity (Wildman–Crippen MR) is 217 cm³/mol. The molecule has 1 unspecified atom stereocenters. The van der Waals surface area contributed by atoms with Crippen LogP contribution >= 0.6 is 7.82 Å². The maximum atomic E-state index is 12.4. The molecule has 0 radical (unpaired) electrons. The molecule has 0 aliphatic heterocycles. The van der Waals surface area contributed by atoms with Crippen LogP contribution in [0.1, 0.15) is 156 Å². The van der Waals surface area contributed by atoms with Crippen LogP contribution in [-0.2, 0) is 28.2 Å². The highest BCUT2D eigenvalue weighted by Crippen LogP contribution is 2.36. The first-order valence-electron chi connectivity index (χ1n) is 20.2. The Morgan fingerprint density at radius 3 is 1.79 bits per heavy atom. The molecule has 0 aliphatic carbocycles. The quantitative estimate of drug-likeness (QED) is 0.0189. The smallest absolute Gasteiger partial charge is 0.462 e. The van der Waals surface area contributed by atoms with Gasteiger partial charge in [-0.1, -0.05) is 171 Å². The third-order valence-electron chi connectivity index (χ3n) is 8.26. The van der Waals surface area contributed by atoms with Crippen molar-refractivity contribution in [2.75, 3.05) is 13.2 Å². The molecule has 0 aromatic heterocycles. The third-order valence-corrected chi connectivity index (χ3v) is 8.75. The standard InChI is InChI=1S/C43H73O9P/c1-4-5-6-7-23-28-33-40(44)34-29-24-19-15-12-13-17-21-26-31-36-43(46)52-41(38-51-53(47,48)49)37-50-42(45)35-30-25-20-16-11-9-8-10-14-18-22-27-32-39(2)3/h5-6,12-13,19,21,23-24,26,28-29,34,39-41,44H,4,7-11,14-18,20,22,25,27,30-33,35-38H2,1-3H3,(H2,47,48,49)/b6-5-,13-12-,24-19-,26-21-,28-23-,34-29+/t40?,41-/m1/s1. The maximum Gasteiger partial charge on any atom is 0.469 e. The van der Waals surface area contributed by atoms with E-state index in [4.69, 9.17) is 19.3 Å². The number of phosphoric ester groups is 1. The van der Waals surface area contributed by atoms with Crippen LogP contribution in [-0.4, -0.2) is 52.3 Å². The zero-order valence-corrected chi connectivity index (χ0v) is 34.1. The first-order chi connectivity index (χ1) is 25.5. The van der Waals surface area contributed by atoms with Gasteiger partial charge in [0.15, 0.2) is 6.10 Å². The Bertz CT molecular complexity index is 1120. The van der Waals surface area contributed by atoms with Gasteiger partial charge in [0.25, 0.3) is 0 Å². The fourth-order valence-electron chi connectivity index (χ4n) is 5.26. The zero-order chi connectivity index (χ0) is 39.3. The molecule has 3 N–H and O–H groups in total. The Morgan fingerprint density at radius 1 is 0.642 bits per heavy atom. The van der Waals surface area contributed by atoms with E-state index >= 15 is 0 Å². The summed E-state index contributed by atoms with van der Waals surface area (Å²) in [7, 11) is -4.79. The number of phosphoric acid groups is 1. The highest BCUT2D eigenvalue weighted by Gasteiger charge is 2.22. The average molecular weight is 765 g/mol. The van der Waals surface area contributed by atoms with Crippen molar-refractivity contribution < 1.29 is 43.0 Å². The van der Waals surface area contributed by atoms with E-state index < -0.39 is 38.6 Å². The van der Waals surface area contributed by atoms with E-state index in [-0.39, 0.29) is 19.4 Å². The third kappa shape index (κ3) is 40.5. The average Bonchev–Trinajstić information content (AvgIpc) is 3.11. The van der Waals surface area contributed by atoms with Gasteiger partial charge in [-0.2, -0.15) is 0 Å². The highest BCUT2D eigenvalue weighted by atomic mass is 31.2. The van der Waals surface area contributed by atoms with Gasteiger partial charge in [-0.05, 0) is 50.9 Å². The summed E-state index contributed by atoms with van der Waals surface area (Å²) in [5.74, 6) is -0.206. The molecule has 53 heavy (non-hydrogen) atoms. The zero-order valence-electron chi connectivity index (χ0n) is 33.2. The van der Waals surface area contributed by atoms with Crippen LogP contribution in [0.3, 0.4) is 0 Å². The van der Waals surface area contributed by atoms with Crippen LogP contribution in [0.15, 0.2) is 72.9 Å². The molecule has 0 saturated heterocycles. The maximum absolute atomic E-state index is 12.4. The van der Waals surface area contributed by atoms with Crippen molar-refractivity contribution >= 4 is 19.8 Å². The number of carbonyl (C=O) groups is 2. The molecule has 0 aromatic carbocycles. The highest BCUT2D eigenvalue weighted by molar-refractivity contribution is 7.46. The minimum Gasteiger partial charge on any atom is -0.462 e. The van der Waals surface area contributed by atoms with E-state index in [9.17, 15) is 19.3 Å². The van der Waals surface area contributed by atoms with Crippen molar-refractivity contribution in [2.24, 2.45) is 5.92 Å². The Labute approximate surface area is 322 Å². The van der Waals surface area contributed by atoms with Crippen molar-refractivity contribution in [2.45, 2.75) is 168 Å². The van der Waals surface area contributed by atoms with Crippen LogP contribution in [0.4, 0.5) is 0 Å². The Kier molecular flexibility index (Phi) is 34.7. The van der Waals surface area contributed by atoms with Crippen LogP contribution in [0.25, 0.3) is 0 Å². The SMILES string of the molecule is CC/C=C\C/C=C\CC(O)/C=C/C=C\C/C=C\C/C=C\CCC(=O)O[C@H](COC(=O)CCCCCCCCCCCCCCC(C)C)COP(=O)(O)O. The molecule has 0 aromatic rings. The number of allylic oxidation sites excluding steroid dienone is 10. The molecule has 0 aliphatic rings. The van der Waals surface area contributed by atoms with E-state index in [1.165, 1.54) is 57.8 Å². The summed E-state index contributed by atoms with van der Waals surface area (Å²) >= 11 is 0. The number of rotatable bonds is 35. The van der Waals surface area contributed by atoms with Gasteiger partial charge in [0.1, 0.15) is 6.61 Å². The minimum absolute atomic E-state index is 0.0611. The Balaban J connectivity index is 4.15. The van der Waals surface area contributed by atoms with Crippen LogP contribution in [0, 0.1) is 5.92 Å².